The maximum Gasteiger partial charge on any atom is 0.255 e. The molecule has 3 aromatic rings. The number of hydrogen-bond acceptors (Lipinski definition) is 3. The van der Waals surface area contributed by atoms with Crippen molar-refractivity contribution in [2.75, 3.05) is 11.9 Å². The molecule has 5 nitrogen and oxygen atoms in total. The molecule has 2 aromatic carbocycles. The zero-order valence-electron chi connectivity index (χ0n) is 16.3. The molecule has 0 aliphatic rings. The van der Waals surface area contributed by atoms with Gasteiger partial charge >= 0.3 is 0 Å². The molecule has 28 heavy (non-hydrogen) atoms. The lowest BCUT2D eigenvalue weighted by Gasteiger charge is -2.11. The van der Waals surface area contributed by atoms with Crippen molar-refractivity contribution in [2.45, 2.75) is 39.2 Å². The largest absolute Gasteiger partial charge is 0.494 e. The van der Waals surface area contributed by atoms with Gasteiger partial charge in [0, 0.05) is 30.2 Å². The summed E-state index contributed by atoms with van der Waals surface area (Å²) >= 11 is 0. The number of ether oxygens (including phenoxy) is 1. The molecule has 1 amide bonds. The highest BCUT2D eigenvalue weighted by Gasteiger charge is 2.08. The average molecular weight is 377 g/mol. The third-order valence-electron chi connectivity index (χ3n) is 4.62. The number of aromatic nitrogens is 2. The lowest BCUT2D eigenvalue weighted by Crippen LogP contribution is -2.12. The van der Waals surface area contributed by atoms with Crippen molar-refractivity contribution in [3.05, 3.63) is 78.4 Å². The van der Waals surface area contributed by atoms with Crippen molar-refractivity contribution in [3.63, 3.8) is 0 Å². The highest BCUT2D eigenvalue weighted by atomic mass is 16.5. The summed E-state index contributed by atoms with van der Waals surface area (Å²) in [5, 5.41) is 2.95. The molecule has 0 atom stereocenters. The van der Waals surface area contributed by atoms with E-state index in [1.807, 2.05) is 62.0 Å². The van der Waals surface area contributed by atoms with Gasteiger partial charge in [0.05, 0.1) is 12.9 Å². The van der Waals surface area contributed by atoms with Gasteiger partial charge in [-0.15, -0.1) is 0 Å². The number of hydrogen-bond donors (Lipinski definition) is 1. The van der Waals surface area contributed by atoms with Crippen LogP contribution in [0, 0.1) is 6.92 Å². The number of carbonyl (C=O) groups excluding carboxylic acids is 1. The number of amides is 1. The second kappa shape index (κ2) is 10.3. The van der Waals surface area contributed by atoms with Crippen LogP contribution in [-0.4, -0.2) is 22.1 Å². The number of nitrogens with one attached hydrogen (secondary N) is 1. The van der Waals surface area contributed by atoms with Gasteiger partial charge in [0.1, 0.15) is 5.75 Å². The normalized spacial score (nSPS) is 10.6. The first-order valence-electron chi connectivity index (χ1n) is 9.78. The minimum atomic E-state index is -0.104. The van der Waals surface area contributed by atoms with Crippen molar-refractivity contribution < 1.29 is 9.53 Å². The van der Waals surface area contributed by atoms with Crippen LogP contribution in [0.25, 0.3) is 0 Å². The van der Waals surface area contributed by atoms with Crippen LogP contribution in [-0.2, 0) is 6.54 Å². The van der Waals surface area contributed by atoms with Crippen LogP contribution in [0.15, 0.2) is 67.3 Å². The van der Waals surface area contributed by atoms with Gasteiger partial charge in [-0.25, -0.2) is 4.98 Å². The lowest BCUT2D eigenvalue weighted by molar-refractivity contribution is 0.102. The predicted octanol–water partition coefficient (Wildman–Crippen LogP) is 5.08. The third-order valence-corrected chi connectivity index (χ3v) is 4.62. The van der Waals surface area contributed by atoms with E-state index in [1.165, 1.54) is 6.42 Å². The summed E-state index contributed by atoms with van der Waals surface area (Å²) in [7, 11) is 0. The molecule has 5 heteroatoms. The minimum absolute atomic E-state index is 0.104. The summed E-state index contributed by atoms with van der Waals surface area (Å²) in [6.45, 7) is 3.71. The van der Waals surface area contributed by atoms with Crippen molar-refractivity contribution in [2.24, 2.45) is 0 Å². The Bertz CT molecular complexity index is 861. The average Bonchev–Trinajstić information content (AvgIpc) is 3.23. The fraction of sp³-hybridized carbons (Fsp3) is 0.304. The molecule has 0 saturated heterocycles. The van der Waals surface area contributed by atoms with Crippen LogP contribution < -0.4 is 10.1 Å². The first-order chi connectivity index (χ1) is 13.7. The number of imidazole rings is 1. The molecule has 146 valence electrons. The molecule has 0 radical (unpaired) electrons. The molecular formula is C23H27N3O2. The van der Waals surface area contributed by atoms with Gasteiger partial charge in [-0.2, -0.15) is 0 Å². The summed E-state index contributed by atoms with van der Waals surface area (Å²) in [4.78, 5) is 16.3. The first-order valence-corrected chi connectivity index (χ1v) is 9.78. The Morgan fingerprint density at radius 2 is 1.89 bits per heavy atom. The van der Waals surface area contributed by atoms with Gasteiger partial charge in [0.25, 0.3) is 5.91 Å². The monoisotopic (exact) mass is 377 g/mol. The maximum atomic E-state index is 12.3. The van der Waals surface area contributed by atoms with E-state index in [1.54, 1.807) is 12.1 Å². The predicted molar refractivity (Wildman–Crippen MR) is 112 cm³/mol. The van der Waals surface area contributed by atoms with E-state index in [0.717, 1.165) is 42.8 Å². The molecule has 3 rings (SSSR count). The molecule has 0 unspecified atom stereocenters. The lowest BCUT2D eigenvalue weighted by atomic mass is 10.1. The molecule has 1 aromatic heterocycles. The number of rotatable bonds is 10. The van der Waals surface area contributed by atoms with Crippen LogP contribution in [0.1, 0.15) is 41.6 Å². The Kier molecular flexibility index (Phi) is 7.24. The Labute approximate surface area is 166 Å². The molecule has 0 fully saturated rings. The molecule has 0 spiro atoms. The van der Waals surface area contributed by atoms with E-state index in [4.69, 9.17) is 4.74 Å². The van der Waals surface area contributed by atoms with Crippen LogP contribution in [0.4, 0.5) is 5.69 Å². The quantitative estimate of drug-likeness (QED) is 0.501. The smallest absolute Gasteiger partial charge is 0.255 e. The standard InChI is InChI=1S/C23H27N3O2/c1-19-17-21(28-16-8-3-2-7-14-26-15-13-24-18-26)11-12-22(19)25-23(27)20-9-5-4-6-10-20/h4-6,9-13,15,17-18H,2-3,7-8,14,16H2,1H3,(H,25,27). The van der Waals surface area contributed by atoms with Crippen LogP contribution in [0.5, 0.6) is 5.75 Å². The number of nitrogens with zero attached hydrogens (tertiary/aromatic N) is 2. The Hall–Kier alpha value is -3.08. The van der Waals surface area contributed by atoms with Crippen molar-refractivity contribution in [1.29, 1.82) is 0 Å². The highest BCUT2D eigenvalue weighted by Crippen LogP contribution is 2.22. The zero-order valence-corrected chi connectivity index (χ0v) is 16.3. The van der Waals surface area contributed by atoms with Crippen molar-refractivity contribution >= 4 is 11.6 Å². The molecule has 1 heterocycles. The van der Waals surface area contributed by atoms with E-state index in [-0.39, 0.29) is 5.91 Å². The summed E-state index contributed by atoms with van der Waals surface area (Å²) in [5.41, 5.74) is 2.44. The molecule has 0 aliphatic carbocycles. The van der Waals surface area contributed by atoms with E-state index < -0.39 is 0 Å². The van der Waals surface area contributed by atoms with E-state index in [0.29, 0.717) is 12.2 Å². The molecule has 0 saturated carbocycles. The molecule has 0 aliphatic heterocycles. The summed E-state index contributed by atoms with van der Waals surface area (Å²) in [6.07, 6.45) is 10.2. The van der Waals surface area contributed by atoms with Crippen LogP contribution in [0.2, 0.25) is 0 Å². The second-order valence-corrected chi connectivity index (χ2v) is 6.86. The third kappa shape index (κ3) is 5.98. The van der Waals surface area contributed by atoms with Crippen LogP contribution >= 0.6 is 0 Å². The Balaban J connectivity index is 1.37. The number of unbranched alkanes of at least 4 members (excludes halogenated alkanes) is 3. The van der Waals surface area contributed by atoms with Crippen LogP contribution in [0.3, 0.4) is 0 Å². The number of aryl methyl sites for hydroxylation is 2. The zero-order chi connectivity index (χ0) is 19.6. The summed E-state index contributed by atoms with van der Waals surface area (Å²) in [5.74, 6) is 0.738. The minimum Gasteiger partial charge on any atom is -0.494 e. The fourth-order valence-corrected chi connectivity index (χ4v) is 3.01. The van der Waals surface area contributed by atoms with Gasteiger partial charge in [-0.3, -0.25) is 4.79 Å². The van der Waals surface area contributed by atoms with Gasteiger partial charge in [-0.05, 0) is 55.7 Å². The van der Waals surface area contributed by atoms with Crippen molar-refractivity contribution in [1.82, 2.24) is 9.55 Å². The van der Waals surface area contributed by atoms with Gasteiger partial charge in [-0.1, -0.05) is 31.0 Å². The van der Waals surface area contributed by atoms with Gasteiger partial charge in [0.15, 0.2) is 0 Å². The van der Waals surface area contributed by atoms with Gasteiger partial charge < -0.3 is 14.6 Å². The summed E-state index contributed by atoms with van der Waals surface area (Å²) < 4.78 is 7.96. The molecule has 0 bridgehead atoms. The maximum absolute atomic E-state index is 12.3. The Morgan fingerprint density at radius 1 is 1.07 bits per heavy atom. The number of benzene rings is 2. The van der Waals surface area contributed by atoms with E-state index in [2.05, 4.69) is 14.9 Å². The van der Waals surface area contributed by atoms with Gasteiger partial charge in [0.2, 0.25) is 0 Å². The summed E-state index contributed by atoms with van der Waals surface area (Å²) in [6, 6.07) is 15.0. The topological polar surface area (TPSA) is 56.1 Å². The van der Waals surface area contributed by atoms with Crippen molar-refractivity contribution in [3.8, 4) is 5.75 Å². The second-order valence-electron chi connectivity index (χ2n) is 6.86. The SMILES string of the molecule is Cc1cc(OCCCCCCn2ccnc2)ccc1NC(=O)c1ccccc1. The number of carbonyl (C=O) groups is 1. The molecular weight excluding hydrogens is 350 g/mol. The number of anilines is 1. The van der Waals surface area contributed by atoms with E-state index in [9.17, 15) is 4.79 Å². The highest BCUT2D eigenvalue weighted by molar-refractivity contribution is 6.04. The fourth-order valence-electron chi connectivity index (χ4n) is 3.01. The molecule has 1 N–H and O–H groups in total. The van der Waals surface area contributed by atoms with E-state index >= 15 is 0 Å². The Morgan fingerprint density at radius 3 is 2.64 bits per heavy atom. The first kappa shape index (κ1) is 19.7.